The fraction of sp³-hybridized carbons (Fsp3) is 1.00. The Hall–Kier alpha value is 0.601. The summed E-state index contributed by atoms with van der Waals surface area (Å²) in [6, 6.07) is 0. The summed E-state index contributed by atoms with van der Waals surface area (Å²) in [7, 11) is -9.81. The molecule has 0 radical (unpaired) electrons. The van der Waals surface area contributed by atoms with E-state index >= 15 is 0 Å². The van der Waals surface area contributed by atoms with Crippen LogP contribution in [0.3, 0.4) is 0 Å². The molecule has 0 rings (SSSR count). The van der Waals surface area contributed by atoms with Crippen molar-refractivity contribution in [1.29, 1.82) is 0 Å². The van der Waals surface area contributed by atoms with E-state index in [4.69, 9.17) is 9.59 Å². The Morgan fingerprint density at radius 2 is 1.59 bits per heavy atom. The molecule has 0 aromatic heterocycles. The Morgan fingerprint density at radius 3 is 1.76 bits per heavy atom. The molecule has 0 aromatic rings. The predicted molar refractivity (Wildman–Crippen MR) is 75.8 cm³/mol. The standard InChI is InChI=1S/C5H19O6PSi3.2H3N/c1-2-3-5(15-11,12(6,7)8)4(13-9)14-10;;/h4,9-11H,2-3,13-15H2,1H3,(H2,6,7,8);2*1H3. The molecule has 0 heterocycles. The molecule has 1 unspecified atom stereocenters. The minimum absolute atomic E-state index is 0. The smallest absolute Gasteiger partial charge is 0.330 e. The fourth-order valence-electron chi connectivity index (χ4n) is 1.72. The lowest BCUT2D eigenvalue weighted by atomic mass is 10.2. The molecule has 12 heteroatoms. The van der Waals surface area contributed by atoms with Crippen molar-refractivity contribution in [1.82, 2.24) is 12.3 Å². The van der Waals surface area contributed by atoms with E-state index in [0.29, 0.717) is 6.42 Å². The zero-order chi connectivity index (χ0) is 12.1. The van der Waals surface area contributed by atoms with Gasteiger partial charge in [0.05, 0.1) is 4.78 Å². The summed E-state index contributed by atoms with van der Waals surface area (Å²) in [5.74, 6) is 0. The molecule has 0 saturated carbocycles. The molecule has 0 bridgehead atoms. The van der Waals surface area contributed by atoms with E-state index in [0.717, 1.165) is 0 Å². The maximum atomic E-state index is 11.4. The minimum atomic E-state index is -4.45. The van der Waals surface area contributed by atoms with Crippen LogP contribution in [0.4, 0.5) is 0 Å². The largest absolute Gasteiger partial charge is 0.438 e. The quantitative estimate of drug-likeness (QED) is 0.190. The van der Waals surface area contributed by atoms with Gasteiger partial charge in [0.1, 0.15) is 0 Å². The van der Waals surface area contributed by atoms with Crippen molar-refractivity contribution < 1.29 is 28.7 Å². The van der Waals surface area contributed by atoms with Crippen molar-refractivity contribution in [3.05, 3.63) is 0 Å². The Bertz CT molecular complexity index is 240. The van der Waals surface area contributed by atoms with E-state index in [9.17, 15) is 19.1 Å². The minimum Gasteiger partial charge on any atom is -0.438 e. The van der Waals surface area contributed by atoms with Gasteiger partial charge in [-0.25, -0.2) is 0 Å². The first-order valence-corrected chi connectivity index (χ1v) is 10.6. The van der Waals surface area contributed by atoms with E-state index in [-0.39, 0.29) is 18.7 Å². The van der Waals surface area contributed by atoms with E-state index in [2.05, 4.69) is 0 Å². The third kappa shape index (κ3) is 5.00. The van der Waals surface area contributed by atoms with Crippen LogP contribution in [0.25, 0.3) is 0 Å². The SMILES string of the molecule is CCCC([SiH2]O)(C([SiH2]O)[SiH2]O)P(=O)(O)O.N.N. The first kappa shape index (κ1) is 22.8. The van der Waals surface area contributed by atoms with E-state index < -0.39 is 46.8 Å². The molecule has 0 aliphatic carbocycles. The van der Waals surface area contributed by atoms with Gasteiger partial charge in [0.25, 0.3) is 0 Å². The highest BCUT2D eigenvalue weighted by Gasteiger charge is 2.51. The summed E-state index contributed by atoms with van der Waals surface area (Å²) in [5.41, 5.74) is 0. The molecule has 0 fully saturated rings. The van der Waals surface area contributed by atoms with E-state index in [1.165, 1.54) is 0 Å². The molecular formula is C5H25N2O6PSi3. The number of rotatable bonds is 7. The molecule has 1 atom stereocenters. The molecule has 17 heavy (non-hydrogen) atoms. The lowest BCUT2D eigenvalue weighted by Gasteiger charge is -2.37. The first-order valence-electron chi connectivity index (χ1n) is 4.77. The molecule has 8 nitrogen and oxygen atoms in total. The Balaban J connectivity index is -0.000000980. The summed E-state index contributed by atoms with van der Waals surface area (Å²) >= 11 is 0. The highest BCUT2D eigenvalue weighted by atomic mass is 31.2. The van der Waals surface area contributed by atoms with Gasteiger partial charge in [-0.3, -0.25) is 4.57 Å². The molecule has 0 spiro atoms. The summed E-state index contributed by atoms with van der Waals surface area (Å²) in [4.78, 5) is 46.3. The topological polar surface area (TPSA) is 188 Å². The Morgan fingerprint density at radius 1 is 1.18 bits per heavy atom. The molecule has 0 amide bonds. The molecule has 0 saturated heterocycles. The fourth-order valence-corrected chi connectivity index (χ4v) is 9.23. The van der Waals surface area contributed by atoms with Crippen LogP contribution in [0.2, 0.25) is 5.16 Å². The summed E-state index contributed by atoms with van der Waals surface area (Å²) in [6.45, 7) is 1.77. The van der Waals surface area contributed by atoms with Crippen LogP contribution in [0.15, 0.2) is 0 Å². The summed E-state index contributed by atoms with van der Waals surface area (Å²) in [6.07, 6.45) is 0.712. The van der Waals surface area contributed by atoms with Gasteiger partial charge in [0.15, 0.2) is 29.3 Å². The van der Waals surface area contributed by atoms with E-state index in [1.54, 1.807) is 6.92 Å². The van der Waals surface area contributed by atoms with Gasteiger partial charge in [-0.05, 0) is 6.42 Å². The zero-order valence-corrected chi connectivity index (χ0v) is 15.3. The summed E-state index contributed by atoms with van der Waals surface area (Å²) < 4.78 is 9.96. The molecule has 11 N–H and O–H groups in total. The second-order valence-electron chi connectivity index (χ2n) is 3.62. The third-order valence-corrected chi connectivity index (χ3v) is 13.5. The van der Waals surface area contributed by atoms with Crippen molar-refractivity contribution in [3.8, 4) is 0 Å². The van der Waals surface area contributed by atoms with Crippen molar-refractivity contribution >= 4 is 36.9 Å². The predicted octanol–water partition coefficient (Wildman–Crippen LogP) is -3.04. The van der Waals surface area contributed by atoms with Crippen LogP contribution < -0.4 is 12.3 Å². The van der Waals surface area contributed by atoms with Gasteiger partial charge in [-0.15, -0.1) is 0 Å². The highest BCUT2D eigenvalue weighted by Crippen LogP contribution is 2.57. The van der Waals surface area contributed by atoms with Crippen LogP contribution in [0, 0.1) is 0 Å². The Labute approximate surface area is 108 Å². The second kappa shape index (κ2) is 9.52. The van der Waals surface area contributed by atoms with Crippen molar-refractivity contribution in [3.63, 3.8) is 0 Å². The van der Waals surface area contributed by atoms with Gasteiger partial charge >= 0.3 is 7.60 Å². The summed E-state index contributed by atoms with van der Waals surface area (Å²) in [5, 5.41) is -0.671. The molecular weight excluding hydrogens is 299 g/mol. The molecule has 0 aromatic carbocycles. The van der Waals surface area contributed by atoms with Crippen molar-refractivity contribution in [2.75, 3.05) is 0 Å². The van der Waals surface area contributed by atoms with E-state index in [1.807, 2.05) is 0 Å². The molecule has 0 aliphatic heterocycles. The van der Waals surface area contributed by atoms with Crippen LogP contribution in [0.1, 0.15) is 19.8 Å². The van der Waals surface area contributed by atoms with Crippen LogP contribution in [0.5, 0.6) is 0 Å². The highest BCUT2D eigenvalue weighted by molar-refractivity contribution is 7.56. The van der Waals surface area contributed by atoms with Crippen LogP contribution in [-0.2, 0) is 4.57 Å². The van der Waals surface area contributed by atoms with Crippen LogP contribution >= 0.6 is 7.60 Å². The lowest BCUT2D eigenvalue weighted by Crippen LogP contribution is -2.45. The first-order chi connectivity index (χ1) is 6.89. The van der Waals surface area contributed by atoms with Gasteiger partial charge in [0, 0.05) is 5.16 Å². The van der Waals surface area contributed by atoms with Crippen molar-refractivity contribution in [2.45, 2.75) is 29.7 Å². The van der Waals surface area contributed by atoms with Crippen LogP contribution in [-0.4, -0.2) is 58.2 Å². The average Bonchev–Trinajstić information content (AvgIpc) is 2.16. The third-order valence-electron chi connectivity index (χ3n) is 2.74. The number of hydrogen-bond acceptors (Lipinski definition) is 6. The normalized spacial score (nSPS) is 18.5. The van der Waals surface area contributed by atoms with Gasteiger partial charge in [-0.2, -0.15) is 0 Å². The van der Waals surface area contributed by atoms with Gasteiger partial charge in [-0.1, -0.05) is 13.3 Å². The maximum Gasteiger partial charge on any atom is 0.330 e. The Kier molecular flexibility index (Phi) is 12.7. The molecule has 108 valence electrons. The average molecular weight is 324 g/mol. The second-order valence-corrected chi connectivity index (χ2v) is 11.6. The monoisotopic (exact) mass is 324 g/mol. The van der Waals surface area contributed by atoms with Crippen molar-refractivity contribution in [2.24, 2.45) is 0 Å². The lowest BCUT2D eigenvalue weighted by molar-refractivity contribution is 0.334. The number of hydrogen-bond donors (Lipinski definition) is 7. The maximum absolute atomic E-state index is 11.4. The van der Waals surface area contributed by atoms with Gasteiger partial charge < -0.3 is 36.5 Å². The molecule has 0 aliphatic rings. The van der Waals surface area contributed by atoms with Gasteiger partial charge in [0.2, 0.25) is 0 Å². The zero-order valence-electron chi connectivity index (χ0n) is 10.1.